The molecule has 3 rings (SSSR count). The molecule has 1 fully saturated rings. The normalized spacial score (nSPS) is 22.9. The average molecular weight is 326 g/mol. The van der Waals surface area contributed by atoms with Crippen LogP contribution in [0, 0.1) is 0 Å². The lowest BCUT2D eigenvalue weighted by molar-refractivity contribution is 0.297. The quantitative estimate of drug-likeness (QED) is 0.905. The van der Waals surface area contributed by atoms with Crippen LogP contribution in [0.3, 0.4) is 0 Å². The lowest BCUT2D eigenvalue weighted by Crippen LogP contribution is -2.35. The van der Waals surface area contributed by atoms with E-state index in [-0.39, 0.29) is 0 Å². The van der Waals surface area contributed by atoms with Crippen molar-refractivity contribution in [3.8, 4) is 11.5 Å². The first-order valence-electron chi connectivity index (χ1n) is 7.14. The zero-order chi connectivity index (χ0) is 13.1. The van der Waals surface area contributed by atoms with Gasteiger partial charge < -0.3 is 14.8 Å². The number of hydrogen-bond acceptors (Lipinski definition) is 3. The highest BCUT2D eigenvalue weighted by Crippen LogP contribution is 2.36. The molecule has 19 heavy (non-hydrogen) atoms. The van der Waals surface area contributed by atoms with Gasteiger partial charge in [0, 0.05) is 16.9 Å². The molecule has 2 aliphatic rings. The van der Waals surface area contributed by atoms with E-state index in [1.165, 1.54) is 24.8 Å². The van der Waals surface area contributed by atoms with E-state index in [4.69, 9.17) is 9.47 Å². The largest absolute Gasteiger partial charge is 0.490 e. The summed E-state index contributed by atoms with van der Waals surface area (Å²) in [6, 6.07) is 4.79. The topological polar surface area (TPSA) is 30.5 Å². The Labute approximate surface area is 122 Å². The van der Waals surface area contributed by atoms with E-state index >= 15 is 0 Å². The maximum atomic E-state index is 5.77. The van der Waals surface area contributed by atoms with Gasteiger partial charge in [0.25, 0.3) is 0 Å². The maximum Gasteiger partial charge on any atom is 0.162 e. The minimum Gasteiger partial charge on any atom is -0.490 e. The Bertz CT molecular complexity index is 444. The lowest BCUT2D eigenvalue weighted by atomic mass is 9.97. The molecule has 1 aromatic rings. The van der Waals surface area contributed by atoms with Crippen LogP contribution in [0.15, 0.2) is 16.6 Å². The molecule has 2 heterocycles. The summed E-state index contributed by atoms with van der Waals surface area (Å²) in [4.78, 5) is 0. The van der Waals surface area contributed by atoms with Gasteiger partial charge in [-0.15, -0.1) is 0 Å². The first-order valence-corrected chi connectivity index (χ1v) is 7.93. The van der Waals surface area contributed by atoms with Crippen molar-refractivity contribution in [2.24, 2.45) is 0 Å². The molecule has 1 N–H and O–H groups in total. The standard InChI is InChI=1S/C15H20BrNO2/c16-13-10-15-14(18-6-3-7-19-15)9-11(13)8-12-4-1-2-5-17-12/h9-10,12,17H,1-8H2. The number of nitrogens with one attached hydrogen (secondary N) is 1. The fourth-order valence-electron chi connectivity index (χ4n) is 2.75. The fourth-order valence-corrected chi connectivity index (χ4v) is 3.23. The zero-order valence-electron chi connectivity index (χ0n) is 11.1. The van der Waals surface area contributed by atoms with Crippen molar-refractivity contribution in [3.63, 3.8) is 0 Å². The molecule has 0 radical (unpaired) electrons. The number of rotatable bonds is 2. The third kappa shape index (κ3) is 3.23. The second-order valence-electron chi connectivity index (χ2n) is 5.29. The van der Waals surface area contributed by atoms with E-state index in [2.05, 4.69) is 33.4 Å². The first-order chi connectivity index (χ1) is 9.33. The van der Waals surface area contributed by atoms with Gasteiger partial charge in [-0.1, -0.05) is 22.4 Å². The minimum atomic E-state index is 0.592. The molecule has 1 atom stereocenters. The predicted molar refractivity (Wildman–Crippen MR) is 79.1 cm³/mol. The van der Waals surface area contributed by atoms with E-state index in [1.807, 2.05) is 0 Å². The van der Waals surface area contributed by atoms with Crippen LogP contribution in [0.5, 0.6) is 11.5 Å². The fraction of sp³-hybridized carbons (Fsp3) is 0.600. The van der Waals surface area contributed by atoms with E-state index in [0.717, 1.165) is 48.6 Å². The molecule has 0 spiro atoms. The number of benzene rings is 1. The van der Waals surface area contributed by atoms with Gasteiger partial charge in [0.05, 0.1) is 13.2 Å². The number of ether oxygens (including phenoxy) is 2. The molecule has 1 unspecified atom stereocenters. The van der Waals surface area contributed by atoms with Crippen molar-refractivity contribution in [2.45, 2.75) is 38.1 Å². The van der Waals surface area contributed by atoms with Gasteiger partial charge >= 0.3 is 0 Å². The number of halogens is 1. The van der Waals surface area contributed by atoms with E-state index in [0.29, 0.717) is 6.04 Å². The predicted octanol–water partition coefficient (Wildman–Crippen LogP) is 3.30. The molecule has 1 aromatic carbocycles. The molecule has 2 aliphatic heterocycles. The summed E-state index contributed by atoms with van der Waals surface area (Å²) in [5.74, 6) is 1.76. The van der Waals surface area contributed by atoms with Gasteiger partial charge in [0.15, 0.2) is 11.5 Å². The van der Waals surface area contributed by atoms with Crippen LogP contribution in [0.1, 0.15) is 31.2 Å². The lowest BCUT2D eigenvalue weighted by Gasteiger charge is -2.24. The monoisotopic (exact) mass is 325 g/mol. The van der Waals surface area contributed by atoms with Crippen LogP contribution in [0.2, 0.25) is 0 Å². The second-order valence-corrected chi connectivity index (χ2v) is 6.15. The number of hydrogen-bond donors (Lipinski definition) is 1. The minimum absolute atomic E-state index is 0.592. The van der Waals surface area contributed by atoms with Gasteiger partial charge in [0.2, 0.25) is 0 Å². The Morgan fingerprint density at radius 1 is 1.11 bits per heavy atom. The molecule has 1 saturated heterocycles. The van der Waals surface area contributed by atoms with Crippen molar-refractivity contribution in [1.82, 2.24) is 5.32 Å². The van der Waals surface area contributed by atoms with Crippen LogP contribution in [-0.4, -0.2) is 25.8 Å². The summed E-state index contributed by atoms with van der Waals surface area (Å²) < 4.78 is 12.6. The third-order valence-electron chi connectivity index (χ3n) is 3.80. The molecular weight excluding hydrogens is 306 g/mol. The van der Waals surface area contributed by atoms with Crippen LogP contribution >= 0.6 is 15.9 Å². The van der Waals surface area contributed by atoms with E-state index < -0.39 is 0 Å². The SMILES string of the molecule is Brc1cc2c(cc1CC1CCCCN1)OCCCO2. The van der Waals surface area contributed by atoms with Gasteiger partial charge in [-0.05, 0) is 43.5 Å². The summed E-state index contributed by atoms with van der Waals surface area (Å²) in [6.45, 7) is 2.63. The highest BCUT2D eigenvalue weighted by molar-refractivity contribution is 9.10. The third-order valence-corrected chi connectivity index (χ3v) is 4.53. The van der Waals surface area contributed by atoms with Crippen LogP contribution < -0.4 is 14.8 Å². The van der Waals surface area contributed by atoms with Crippen LogP contribution in [0.4, 0.5) is 0 Å². The molecule has 0 bridgehead atoms. The Morgan fingerprint density at radius 3 is 2.63 bits per heavy atom. The molecule has 4 heteroatoms. The molecule has 0 saturated carbocycles. The van der Waals surface area contributed by atoms with Crippen LogP contribution in [0.25, 0.3) is 0 Å². The summed E-state index contributed by atoms with van der Waals surface area (Å²) >= 11 is 3.66. The van der Waals surface area contributed by atoms with Crippen LogP contribution in [-0.2, 0) is 6.42 Å². The zero-order valence-corrected chi connectivity index (χ0v) is 12.7. The van der Waals surface area contributed by atoms with Gasteiger partial charge in [-0.25, -0.2) is 0 Å². The molecule has 0 aliphatic carbocycles. The number of piperidine rings is 1. The van der Waals surface area contributed by atoms with Crippen molar-refractivity contribution >= 4 is 15.9 Å². The Hall–Kier alpha value is -0.740. The van der Waals surface area contributed by atoms with E-state index in [9.17, 15) is 0 Å². The molecule has 104 valence electrons. The van der Waals surface area contributed by atoms with Gasteiger partial charge in [0.1, 0.15) is 0 Å². The van der Waals surface area contributed by atoms with Crippen molar-refractivity contribution < 1.29 is 9.47 Å². The van der Waals surface area contributed by atoms with Gasteiger partial charge in [-0.2, -0.15) is 0 Å². The summed E-state index contributed by atoms with van der Waals surface area (Å²) in [5, 5.41) is 3.59. The highest BCUT2D eigenvalue weighted by atomic mass is 79.9. The Kier molecular flexibility index (Phi) is 4.28. The second kappa shape index (κ2) is 6.14. The maximum absolute atomic E-state index is 5.77. The first kappa shape index (κ1) is 13.3. The summed E-state index contributed by atoms with van der Waals surface area (Å²) in [7, 11) is 0. The smallest absolute Gasteiger partial charge is 0.162 e. The molecular formula is C15H20BrNO2. The summed E-state index contributed by atoms with van der Waals surface area (Å²) in [6.07, 6.45) is 5.91. The Morgan fingerprint density at radius 2 is 1.89 bits per heavy atom. The number of fused-ring (bicyclic) bond motifs is 1. The van der Waals surface area contributed by atoms with Crippen molar-refractivity contribution in [3.05, 3.63) is 22.2 Å². The molecule has 0 aromatic heterocycles. The molecule has 0 amide bonds. The van der Waals surface area contributed by atoms with Crippen molar-refractivity contribution in [1.29, 1.82) is 0 Å². The summed E-state index contributed by atoms with van der Waals surface area (Å²) in [5.41, 5.74) is 1.31. The molecule has 3 nitrogen and oxygen atoms in total. The Balaban J connectivity index is 1.78. The highest BCUT2D eigenvalue weighted by Gasteiger charge is 2.18. The average Bonchev–Trinajstić information content (AvgIpc) is 2.65. The van der Waals surface area contributed by atoms with E-state index in [1.54, 1.807) is 0 Å². The van der Waals surface area contributed by atoms with Gasteiger partial charge in [-0.3, -0.25) is 0 Å². The van der Waals surface area contributed by atoms with Crippen molar-refractivity contribution in [2.75, 3.05) is 19.8 Å².